The third-order valence-corrected chi connectivity index (χ3v) is 2.99. The van der Waals surface area contributed by atoms with E-state index in [9.17, 15) is 0 Å². The highest BCUT2D eigenvalue weighted by molar-refractivity contribution is 4.94. The molecule has 2 unspecified atom stereocenters. The van der Waals surface area contributed by atoms with Gasteiger partial charge in [0.05, 0.1) is 0 Å². The molecule has 0 fully saturated rings. The maximum Gasteiger partial charge on any atom is -0.0205 e. The standard InChI is InChI=1S/C12H21/c1-3-11(2)12-9-7-5-4-6-8-10-12/h3,7,9,11-12H,4-6,8,10H2,1-2H3/b9-7-. The summed E-state index contributed by atoms with van der Waals surface area (Å²) < 4.78 is 0. The Morgan fingerprint density at radius 3 is 2.92 bits per heavy atom. The van der Waals surface area contributed by atoms with Crippen molar-refractivity contribution in [2.45, 2.75) is 46.0 Å². The summed E-state index contributed by atoms with van der Waals surface area (Å²) in [5.41, 5.74) is 0. The molecular weight excluding hydrogens is 144 g/mol. The van der Waals surface area contributed by atoms with Gasteiger partial charge in [-0.2, -0.15) is 0 Å². The lowest BCUT2D eigenvalue weighted by Gasteiger charge is -2.20. The predicted octanol–water partition coefficient (Wildman–Crippen LogP) is 3.98. The van der Waals surface area contributed by atoms with Crippen molar-refractivity contribution < 1.29 is 0 Å². The van der Waals surface area contributed by atoms with Gasteiger partial charge in [0, 0.05) is 0 Å². The van der Waals surface area contributed by atoms with Crippen molar-refractivity contribution >= 4 is 0 Å². The Kier molecular flexibility index (Phi) is 4.42. The molecular formula is C12H21. The monoisotopic (exact) mass is 165 g/mol. The van der Waals surface area contributed by atoms with Gasteiger partial charge in [-0.1, -0.05) is 38.8 Å². The zero-order chi connectivity index (χ0) is 8.81. The second-order valence-corrected chi connectivity index (χ2v) is 3.92. The van der Waals surface area contributed by atoms with Crippen LogP contribution < -0.4 is 0 Å². The van der Waals surface area contributed by atoms with E-state index in [1.165, 1.54) is 32.1 Å². The first-order valence-corrected chi connectivity index (χ1v) is 5.30. The first-order valence-electron chi connectivity index (χ1n) is 5.30. The smallest absolute Gasteiger partial charge is 0.0205 e. The van der Waals surface area contributed by atoms with E-state index in [4.69, 9.17) is 0 Å². The summed E-state index contributed by atoms with van der Waals surface area (Å²) in [5.74, 6) is 1.58. The molecule has 1 radical (unpaired) electrons. The van der Waals surface area contributed by atoms with E-state index in [2.05, 4.69) is 32.4 Å². The molecule has 0 aromatic carbocycles. The van der Waals surface area contributed by atoms with Crippen molar-refractivity contribution in [3.05, 3.63) is 18.6 Å². The summed E-state index contributed by atoms with van der Waals surface area (Å²) >= 11 is 0. The maximum atomic E-state index is 2.43. The summed E-state index contributed by atoms with van der Waals surface area (Å²) in [6.45, 7) is 4.51. The molecule has 0 aliphatic heterocycles. The van der Waals surface area contributed by atoms with Crippen LogP contribution in [-0.4, -0.2) is 0 Å². The molecule has 1 rings (SSSR count). The fraction of sp³-hybridized carbons (Fsp3) is 0.750. The van der Waals surface area contributed by atoms with Crippen LogP contribution in [0, 0.1) is 18.3 Å². The fourth-order valence-electron chi connectivity index (χ4n) is 1.87. The van der Waals surface area contributed by atoms with Gasteiger partial charge in [-0.15, -0.1) is 0 Å². The van der Waals surface area contributed by atoms with E-state index in [-0.39, 0.29) is 0 Å². The molecule has 0 heteroatoms. The van der Waals surface area contributed by atoms with Crippen LogP contribution in [-0.2, 0) is 0 Å². The quantitative estimate of drug-likeness (QED) is 0.543. The van der Waals surface area contributed by atoms with Gasteiger partial charge in [0.15, 0.2) is 0 Å². The summed E-state index contributed by atoms with van der Waals surface area (Å²) in [7, 11) is 0. The van der Waals surface area contributed by atoms with E-state index in [0.717, 1.165) is 11.8 Å². The topological polar surface area (TPSA) is 0 Å². The van der Waals surface area contributed by atoms with Crippen LogP contribution >= 0.6 is 0 Å². The van der Waals surface area contributed by atoms with Gasteiger partial charge in [0.2, 0.25) is 0 Å². The molecule has 0 N–H and O–H groups in total. The average Bonchev–Trinajstić information content (AvgIpc) is 2.02. The third-order valence-electron chi connectivity index (χ3n) is 2.99. The fourth-order valence-corrected chi connectivity index (χ4v) is 1.87. The SMILES string of the molecule is C[CH]C(C)C1/C=C\CCCCC1. The second-order valence-electron chi connectivity index (χ2n) is 3.92. The molecule has 0 aromatic heterocycles. The maximum absolute atomic E-state index is 2.43. The molecule has 2 atom stereocenters. The highest BCUT2D eigenvalue weighted by atomic mass is 14.2. The molecule has 0 spiro atoms. The minimum atomic E-state index is 0.763. The van der Waals surface area contributed by atoms with Crippen LogP contribution in [0.15, 0.2) is 12.2 Å². The Morgan fingerprint density at radius 2 is 2.17 bits per heavy atom. The zero-order valence-corrected chi connectivity index (χ0v) is 8.42. The molecule has 69 valence electrons. The Morgan fingerprint density at radius 1 is 1.33 bits per heavy atom. The first kappa shape index (κ1) is 9.83. The lowest BCUT2D eigenvalue weighted by Crippen LogP contribution is -2.09. The predicted molar refractivity (Wildman–Crippen MR) is 54.9 cm³/mol. The van der Waals surface area contributed by atoms with Gasteiger partial charge >= 0.3 is 0 Å². The molecule has 0 aromatic rings. The number of hydrogen-bond acceptors (Lipinski definition) is 0. The van der Waals surface area contributed by atoms with Crippen molar-refractivity contribution in [2.24, 2.45) is 11.8 Å². The highest BCUT2D eigenvalue weighted by Gasteiger charge is 2.12. The Labute approximate surface area is 77.1 Å². The molecule has 0 amide bonds. The molecule has 0 saturated heterocycles. The summed E-state index contributed by atoms with van der Waals surface area (Å²) in [5, 5.41) is 0. The summed E-state index contributed by atoms with van der Waals surface area (Å²) in [6, 6.07) is 0. The van der Waals surface area contributed by atoms with Crippen LogP contribution in [0.2, 0.25) is 0 Å². The highest BCUT2D eigenvalue weighted by Crippen LogP contribution is 2.24. The van der Waals surface area contributed by atoms with Gasteiger partial charge in [-0.25, -0.2) is 0 Å². The van der Waals surface area contributed by atoms with Crippen molar-refractivity contribution in [1.82, 2.24) is 0 Å². The Balaban J connectivity index is 2.43. The number of rotatable bonds is 2. The molecule has 12 heavy (non-hydrogen) atoms. The van der Waals surface area contributed by atoms with Gasteiger partial charge < -0.3 is 0 Å². The largest absolute Gasteiger partial charge is 0.0882 e. The Hall–Kier alpha value is -0.260. The van der Waals surface area contributed by atoms with Crippen molar-refractivity contribution in [1.29, 1.82) is 0 Å². The van der Waals surface area contributed by atoms with Gasteiger partial charge in [0.1, 0.15) is 0 Å². The van der Waals surface area contributed by atoms with E-state index in [1.807, 2.05) is 0 Å². The molecule has 0 saturated carbocycles. The van der Waals surface area contributed by atoms with Gasteiger partial charge in [-0.3, -0.25) is 0 Å². The van der Waals surface area contributed by atoms with Crippen molar-refractivity contribution in [3.8, 4) is 0 Å². The third kappa shape index (κ3) is 3.00. The van der Waals surface area contributed by atoms with E-state index < -0.39 is 0 Å². The molecule has 0 bridgehead atoms. The second kappa shape index (κ2) is 5.40. The molecule has 1 aliphatic carbocycles. The minimum absolute atomic E-state index is 0.763. The van der Waals surface area contributed by atoms with Gasteiger partial charge in [-0.05, 0) is 37.5 Å². The van der Waals surface area contributed by atoms with E-state index in [1.54, 1.807) is 0 Å². The van der Waals surface area contributed by atoms with Crippen LogP contribution in [0.1, 0.15) is 46.0 Å². The Bertz CT molecular complexity index is 135. The summed E-state index contributed by atoms with van der Waals surface area (Å²) in [6.07, 6.45) is 14.1. The van der Waals surface area contributed by atoms with Crippen molar-refractivity contribution in [3.63, 3.8) is 0 Å². The van der Waals surface area contributed by atoms with Crippen LogP contribution in [0.4, 0.5) is 0 Å². The van der Waals surface area contributed by atoms with Crippen molar-refractivity contribution in [2.75, 3.05) is 0 Å². The first-order chi connectivity index (χ1) is 5.84. The number of hydrogen-bond donors (Lipinski definition) is 0. The summed E-state index contributed by atoms with van der Waals surface area (Å²) in [4.78, 5) is 0. The van der Waals surface area contributed by atoms with E-state index in [0.29, 0.717) is 0 Å². The molecule has 0 heterocycles. The normalized spacial score (nSPS) is 30.3. The number of allylic oxidation sites excluding steroid dienone is 2. The van der Waals surface area contributed by atoms with Gasteiger partial charge in [0.25, 0.3) is 0 Å². The molecule has 1 aliphatic rings. The lowest BCUT2D eigenvalue weighted by molar-refractivity contribution is 0.422. The van der Waals surface area contributed by atoms with Crippen LogP contribution in [0.5, 0.6) is 0 Å². The zero-order valence-electron chi connectivity index (χ0n) is 8.42. The van der Waals surface area contributed by atoms with Crippen LogP contribution in [0.3, 0.4) is 0 Å². The average molecular weight is 165 g/mol. The van der Waals surface area contributed by atoms with Crippen LogP contribution in [0.25, 0.3) is 0 Å². The minimum Gasteiger partial charge on any atom is -0.0882 e. The lowest BCUT2D eigenvalue weighted by atomic mass is 9.85. The van der Waals surface area contributed by atoms with E-state index >= 15 is 0 Å². The molecule has 0 nitrogen and oxygen atoms in total.